The second-order valence-corrected chi connectivity index (χ2v) is 5.85. The molecule has 0 saturated heterocycles. The fourth-order valence-corrected chi connectivity index (χ4v) is 2.26. The van der Waals surface area contributed by atoms with Crippen LogP contribution in [0.4, 0.5) is 0 Å². The highest BCUT2D eigenvalue weighted by atomic mass is 32.2. The van der Waals surface area contributed by atoms with Crippen molar-refractivity contribution in [3.05, 3.63) is 41.5 Å². The van der Waals surface area contributed by atoms with Crippen LogP contribution in [0.5, 0.6) is 0 Å². The number of aromatic nitrogens is 2. The van der Waals surface area contributed by atoms with Gasteiger partial charge in [-0.3, -0.25) is 0 Å². The highest BCUT2D eigenvalue weighted by Gasteiger charge is 2.17. The van der Waals surface area contributed by atoms with E-state index in [9.17, 15) is 0 Å². The van der Waals surface area contributed by atoms with Crippen LogP contribution in [-0.2, 0) is 5.75 Å². The van der Waals surface area contributed by atoms with Crippen LogP contribution in [0.25, 0.3) is 0 Å². The third-order valence-corrected chi connectivity index (χ3v) is 4.06. The first kappa shape index (κ1) is 14.1. The van der Waals surface area contributed by atoms with Crippen molar-refractivity contribution in [1.29, 1.82) is 0 Å². The van der Waals surface area contributed by atoms with Crippen LogP contribution in [0.3, 0.4) is 0 Å². The Bertz CT molecular complexity index is 522. The number of rotatable bonds is 5. The summed E-state index contributed by atoms with van der Waals surface area (Å²) in [4.78, 5) is 5.59. The first-order chi connectivity index (χ1) is 9.06. The van der Waals surface area contributed by atoms with Gasteiger partial charge in [-0.25, -0.2) is 0 Å². The number of thioether (sulfide) groups is 1. The zero-order valence-corrected chi connectivity index (χ0v) is 12.3. The van der Waals surface area contributed by atoms with Gasteiger partial charge in [0, 0.05) is 10.9 Å². The average molecular weight is 277 g/mol. The van der Waals surface area contributed by atoms with Crippen LogP contribution < -0.4 is 5.73 Å². The molecule has 2 atom stereocenters. The standard InChI is InChI=1S/C14H19N3OS/c1-9-4-6-12(7-5-9)19-8-13-16-14(18-17-13)10(2)11(3)15/h4-7,10-11H,8,15H2,1-3H3. The van der Waals surface area contributed by atoms with Crippen LogP contribution in [0.15, 0.2) is 33.7 Å². The Balaban J connectivity index is 1.95. The van der Waals surface area contributed by atoms with Crippen molar-refractivity contribution in [3.8, 4) is 0 Å². The molecule has 19 heavy (non-hydrogen) atoms. The Morgan fingerprint density at radius 3 is 2.58 bits per heavy atom. The van der Waals surface area contributed by atoms with Gasteiger partial charge in [-0.2, -0.15) is 4.98 Å². The third kappa shape index (κ3) is 3.81. The number of hydrogen-bond acceptors (Lipinski definition) is 5. The Morgan fingerprint density at radius 1 is 1.26 bits per heavy atom. The van der Waals surface area contributed by atoms with Gasteiger partial charge in [0.2, 0.25) is 5.89 Å². The van der Waals surface area contributed by atoms with Gasteiger partial charge in [-0.1, -0.05) is 29.8 Å². The fraction of sp³-hybridized carbons (Fsp3) is 0.429. The van der Waals surface area contributed by atoms with E-state index in [2.05, 4.69) is 41.3 Å². The summed E-state index contributed by atoms with van der Waals surface area (Å²) >= 11 is 1.70. The minimum absolute atomic E-state index is 0.0121. The van der Waals surface area contributed by atoms with Gasteiger partial charge in [-0.15, -0.1) is 11.8 Å². The zero-order valence-electron chi connectivity index (χ0n) is 11.5. The fourth-order valence-electron chi connectivity index (χ4n) is 1.52. The van der Waals surface area contributed by atoms with Crippen molar-refractivity contribution < 1.29 is 4.52 Å². The van der Waals surface area contributed by atoms with Gasteiger partial charge in [0.1, 0.15) is 0 Å². The highest BCUT2D eigenvalue weighted by molar-refractivity contribution is 7.98. The molecule has 2 aromatic rings. The Morgan fingerprint density at radius 2 is 1.95 bits per heavy atom. The van der Waals surface area contributed by atoms with E-state index in [0.717, 1.165) is 0 Å². The Kier molecular flexibility index (Phi) is 4.61. The molecular formula is C14H19N3OS. The van der Waals surface area contributed by atoms with E-state index in [-0.39, 0.29) is 12.0 Å². The molecule has 1 aromatic carbocycles. The first-order valence-corrected chi connectivity index (χ1v) is 7.32. The molecule has 0 radical (unpaired) electrons. The normalized spacial score (nSPS) is 14.3. The lowest BCUT2D eigenvalue weighted by molar-refractivity contribution is 0.344. The van der Waals surface area contributed by atoms with Crippen molar-refractivity contribution >= 4 is 11.8 Å². The molecule has 0 aliphatic rings. The molecule has 0 aliphatic carbocycles. The Hall–Kier alpha value is -1.33. The van der Waals surface area contributed by atoms with Crippen molar-refractivity contribution in [2.75, 3.05) is 0 Å². The molecule has 0 aliphatic heterocycles. The molecule has 0 spiro atoms. The summed E-state index contributed by atoms with van der Waals surface area (Å²) in [5.41, 5.74) is 7.08. The smallest absolute Gasteiger partial charge is 0.231 e. The molecule has 2 unspecified atom stereocenters. The molecule has 0 fully saturated rings. The lowest BCUT2D eigenvalue weighted by Crippen LogP contribution is -2.22. The summed E-state index contributed by atoms with van der Waals surface area (Å²) in [6.07, 6.45) is 0. The van der Waals surface area contributed by atoms with E-state index in [1.807, 2.05) is 13.8 Å². The van der Waals surface area contributed by atoms with Gasteiger partial charge in [0.05, 0.1) is 11.7 Å². The van der Waals surface area contributed by atoms with E-state index in [1.54, 1.807) is 11.8 Å². The molecule has 0 saturated carbocycles. The van der Waals surface area contributed by atoms with Crippen molar-refractivity contribution in [2.45, 2.75) is 43.4 Å². The largest absolute Gasteiger partial charge is 0.339 e. The maximum absolute atomic E-state index is 5.82. The van der Waals surface area contributed by atoms with Gasteiger partial charge >= 0.3 is 0 Å². The third-order valence-electron chi connectivity index (χ3n) is 3.05. The summed E-state index contributed by atoms with van der Waals surface area (Å²) in [6.45, 7) is 6.01. The lowest BCUT2D eigenvalue weighted by atomic mass is 10.1. The molecule has 0 bridgehead atoms. The number of aryl methyl sites for hydroxylation is 1. The summed E-state index contributed by atoms with van der Waals surface area (Å²) in [5.74, 6) is 2.13. The van der Waals surface area contributed by atoms with Gasteiger partial charge in [0.15, 0.2) is 5.82 Å². The van der Waals surface area contributed by atoms with E-state index >= 15 is 0 Å². The zero-order chi connectivity index (χ0) is 13.8. The van der Waals surface area contributed by atoms with E-state index < -0.39 is 0 Å². The molecule has 1 aromatic heterocycles. The minimum atomic E-state index is 0.0121. The van der Waals surface area contributed by atoms with Crippen molar-refractivity contribution in [2.24, 2.45) is 5.73 Å². The molecule has 2 N–H and O–H groups in total. The quantitative estimate of drug-likeness (QED) is 0.851. The van der Waals surface area contributed by atoms with Crippen LogP contribution in [0, 0.1) is 6.92 Å². The predicted molar refractivity (Wildman–Crippen MR) is 77.1 cm³/mol. The average Bonchev–Trinajstić information content (AvgIpc) is 2.86. The second kappa shape index (κ2) is 6.21. The number of hydrogen-bond donors (Lipinski definition) is 1. The number of nitrogens with zero attached hydrogens (tertiary/aromatic N) is 2. The summed E-state index contributed by atoms with van der Waals surface area (Å²) < 4.78 is 5.24. The molecule has 102 valence electrons. The van der Waals surface area contributed by atoms with Gasteiger partial charge in [0.25, 0.3) is 0 Å². The number of nitrogens with two attached hydrogens (primary N) is 1. The van der Waals surface area contributed by atoms with E-state index in [0.29, 0.717) is 17.5 Å². The van der Waals surface area contributed by atoms with E-state index in [4.69, 9.17) is 10.3 Å². The molecule has 2 rings (SSSR count). The maximum atomic E-state index is 5.82. The lowest BCUT2D eigenvalue weighted by Gasteiger charge is -2.09. The van der Waals surface area contributed by atoms with Gasteiger partial charge < -0.3 is 10.3 Å². The van der Waals surface area contributed by atoms with Crippen molar-refractivity contribution in [1.82, 2.24) is 10.1 Å². The molecular weight excluding hydrogens is 258 g/mol. The summed E-state index contributed by atoms with van der Waals surface area (Å²) in [6, 6.07) is 8.42. The predicted octanol–water partition coefficient (Wildman–Crippen LogP) is 3.12. The Labute approximate surface area is 117 Å². The second-order valence-electron chi connectivity index (χ2n) is 4.80. The SMILES string of the molecule is Cc1ccc(SCc2noc(C(C)C(C)N)n2)cc1. The minimum Gasteiger partial charge on any atom is -0.339 e. The first-order valence-electron chi connectivity index (χ1n) is 6.34. The summed E-state index contributed by atoms with van der Waals surface area (Å²) in [5, 5.41) is 3.99. The number of benzene rings is 1. The molecule has 4 nitrogen and oxygen atoms in total. The van der Waals surface area contributed by atoms with Gasteiger partial charge in [-0.05, 0) is 26.0 Å². The highest BCUT2D eigenvalue weighted by Crippen LogP contribution is 2.23. The van der Waals surface area contributed by atoms with E-state index in [1.165, 1.54) is 10.5 Å². The maximum Gasteiger partial charge on any atom is 0.231 e. The van der Waals surface area contributed by atoms with Crippen LogP contribution in [-0.4, -0.2) is 16.2 Å². The van der Waals surface area contributed by atoms with Crippen LogP contribution >= 0.6 is 11.8 Å². The summed E-state index contributed by atoms with van der Waals surface area (Å²) in [7, 11) is 0. The van der Waals surface area contributed by atoms with Crippen LogP contribution in [0.2, 0.25) is 0 Å². The monoisotopic (exact) mass is 277 g/mol. The molecule has 0 amide bonds. The topological polar surface area (TPSA) is 64.9 Å². The van der Waals surface area contributed by atoms with Crippen LogP contribution in [0.1, 0.15) is 37.0 Å². The molecule has 1 heterocycles. The molecule has 5 heteroatoms. The van der Waals surface area contributed by atoms with Crippen molar-refractivity contribution in [3.63, 3.8) is 0 Å².